The summed E-state index contributed by atoms with van der Waals surface area (Å²) in [5.74, 6) is -1.10. The van der Waals surface area contributed by atoms with Gasteiger partial charge in [0.2, 0.25) is 0 Å². The Kier molecular flexibility index (Phi) is 4.42. The van der Waals surface area contributed by atoms with Gasteiger partial charge in [0.1, 0.15) is 11.5 Å². The van der Waals surface area contributed by atoms with Crippen LogP contribution in [0.4, 0.5) is 0 Å². The van der Waals surface area contributed by atoms with E-state index in [4.69, 9.17) is 18.9 Å². The van der Waals surface area contributed by atoms with E-state index in [0.717, 1.165) is 0 Å². The molecule has 0 radical (unpaired) electrons. The van der Waals surface area contributed by atoms with E-state index in [1.165, 1.54) is 20.3 Å². The fourth-order valence-corrected chi connectivity index (χ4v) is 2.62. The van der Waals surface area contributed by atoms with Gasteiger partial charge in [0.15, 0.2) is 0 Å². The van der Waals surface area contributed by atoms with Crippen LogP contribution >= 0.6 is 0 Å². The molecule has 1 heterocycles. The number of benzene rings is 2. The van der Waals surface area contributed by atoms with Gasteiger partial charge in [-0.2, -0.15) is 0 Å². The first-order valence-corrected chi connectivity index (χ1v) is 7.45. The van der Waals surface area contributed by atoms with Gasteiger partial charge in [0, 0.05) is 12.7 Å². The van der Waals surface area contributed by atoms with E-state index < -0.39 is 18.0 Å². The van der Waals surface area contributed by atoms with Crippen LogP contribution in [0.15, 0.2) is 48.5 Å². The number of methoxy groups -OCH3 is 2. The highest BCUT2D eigenvalue weighted by Crippen LogP contribution is 2.40. The minimum absolute atomic E-state index is 0.0863. The first-order chi connectivity index (χ1) is 11.6. The van der Waals surface area contributed by atoms with Gasteiger partial charge in [-0.1, -0.05) is 24.3 Å². The van der Waals surface area contributed by atoms with Crippen LogP contribution in [0.5, 0.6) is 11.5 Å². The van der Waals surface area contributed by atoms with Crippen LogP contribution in [-0.2, 0) is 9.47 Å². The monoisotopic (exact) mass is 330 g/mol. The molecule has 2 unspecified atom stereocenters. The zero-order valence-electron chi connectivity index (χ0n) is 13.4. The largest absolute Gasteiger partial charge is 0.465 e. The van der Waals surface area contributed by atoms with E-state index >= 15 is 0 Å². The van der Waals surface area contributed by atoms with Crippen LogP contribution in [0, 0.1) is 0 Å². The highest BCUT2D eigenvalue weighted by atomic mass is 16.9. The number of para-hydroxylation sites is 1. The molecular formula is C18H18O6. The maximum atomic E-state index is 11.6. The van der Waals surface area contributed by atoms with E-state index in [9.17, 15) is 9.90 Å². The molecule has 2 aromatic rings. The molecule has 0 bridgehead atoms. The van der Waals surface area contributed by atoms with Gasteiger partial charge in [-0.05, 0) is 24.3 Å². The number of aliphatic hydroxyl groups is 1. The third kappa shape index (κ3) is 3.06. The van der Waals surface area contributed by atoms with Gasteiger partial charge in [0.05, 0.1) is 25.2 Å². The third-order valence-corrected chi connectivity index (χ3v) is 3.83. The minimum atomic E-state index is -1.48. The average Bonchev–Trinajstić information content (AvgIpc) is 2.61. The molecular weight excluding hydrogens is 312 g/mol. The van der Waals surface area contributed by atoms with Crippen LogP contribution in [0.1, 0.15) is 28.4 Å². The van der Waals surface area contributed by atoms with Gasteiger partial charge in [0.25, 0.3) is 0 Å². The number of carbonyl (C=O) groups excluding carboxylic acids is 1. The van der Waals surface area contributed by atoms with Crippen LogP contribution in [-0.4, -0.2) is 31.3 Å². The first kappa shape index (κ1) is 16.3. The molecule has 1 aliphatic heterocycles. The molecule has 0 aromatic heterocycles. The predicted octanol–water partition coefficient (Wildman–Crippen LogP) is 2.67. The van der Waals surface area contributed by atoms with Crippen molar-refractivity contribution >= 4 is 5.97 Å². The Bertz CT molecular complexity index is 744. The van der Waals surface area contributed by atoms with Crippen LogP contribution in [0.25, 0.3) is 0 Å². The predicted molar refractivity (Wildman–Crippen MR) is 84.8 cm³/mol. The van der Waals surface area contributed by atoms with Gasteiger partial charge < -0.3 is 24.1 Å². The molecule has 1 aliphatic rings. The second kappa shape index (κ2) is 6.51. The number of fused-ring (bicyclic) bond motifs is 1. The summed E-state index contributed by atoms with van der Waals surface area (Å²) in [6, 6.07) is 13.6. The number of aliphatic hydroxyl groups excluding tert-OH is 1. The molecule has 1 N–H and O–H groups in total. The number of carbonyl (C=O) groups is 1. The van der Waals surface area contributed by atoms with Crippen molar-refractivity contribution in [3.05, 3.63) is 59.7 Å². The number of ether oxygens (including phenoxy) is 4. The SMILES string of the molecule is COC(=O)c1cccc(OC2(OC)CC(O)c3ccccc3O2)c1. The van der Waals surface area contributed by atoms with Crippen molar-refractivity contribution in [2.45, 2.75) is 18.5 Å². The van der Waals surface area contributed by atoms with E-state index in [0.29, 0.717) is 22.6 Å². The van der Waals surface area contributed by atoms with Gasteiger partial charge in [-0.15, -0.1) is 0 Å². The van der Waals surface area contributed by atoms with Crippen molar-refractivity contribution < 1.29 is 28.8 Å². The molecule has 2 aromatic carbocycles. The molecule has 6 nitrogen and oxygen atoms in total. The van der Waals surface area contributed by atoms with Crippen molar-refractivity contribution in [1.29, 1.82) is 0 Å². The van der Waals surface area contributed by atoms with Gasteiger partial charge in [-0.3, -0.25) is 0 Å². The Labute approximate surface area is 139 Å². The van der Waals surface area contributed by atoms with Crippen molar-refractivity contribution in [3.63, 3.8) is 0 Å². The minimum Gasteiger partial charge on any atom is -0.465 e. The van der Waals surface area contributed by atoms with E-state index in [1.54, 1.807) is 36.4 Å². The van der Waals surface area contributed by atoms with E-state index in [2.05, 4.69) is 0 Å². The van der Waals surface area contributed by atoms with E-state index in [-0.39, 0.29) is 6.42 Å². The summed E-state index contributed by atoms with van der Waals surface area (Å²) >= 11 is 0. The highest BCUT2D eigenvalue weighted by molar-refractivity contribution is 5.89. The number of hydrogen-bond donors (Lipinski definition) is 1. The molecule has 24 heavy (non-hydrogen) atoms. The zero-order chi connectivity index (χ0) is 17.2. The zero-order valence-corrected chi connectivity index (χ0v) is 13.4. The van der Waals surface area contributed by atoms with Crippen LogP contribution in [0.3, 0.4) is 0 Å². The summed E-state index contributed by atoms with van der Waals surface area (Å²) in [5, 5.41) is 10.4. The van der Waals surface area contributed by atoms with E-state index in [1.807, 2.05) is 6.07 Å². The number of hydrogen-bond acceptors (Lipinski definition) is 6. The Morgan fingerprint density at radius 2 is 2.00 bits per heavy atom. The lowest BCUT2D eigenvalue weighted by Crippen LogP contribution is -2.48. The summed E-state index contributed by atoms with van der Waals surface area (Å²) in [4.78, 5) is 11.6. The molecule has 0 amide bonds. The molecule has 3 rings (SSSR count). The molecule has 0 spiro atoms. The van der Waals surface area contributed by atoms with Crippen molar-refractivity contribution in [2.24, 2.45) is 0 Å². The summed E-state index contributed by atoms with van der Waals surface area (Å²) in [6.45, 7) is 0. The summed E-state index contributed by atoms with van der Waals surface area (Å²) < 4.78 is 21.8. The van der Waals surface area contributed by atoms with Crippen LogP contribution < -0.4 is 9.47 Å². The second-order valence-electron chi connectivity index (χ2n) is 5.37. The Hall–Kier alpha value is -2.57. The molecule has 6 heteroatoms. The standard InChI is InChI=1S/C18H18O6/c1-21-17(20)12-6-5-7-13(10-12)23-18(22-2)11-15(19)14-8-3-4-9-16(14)24-18/h3-10,15,19H,11H2,1-2H3. The van der Waals surface area contributed by atoms with Crippen LogP contribution in [0.2, 0.25) is 0 Å². The lowest BCUT2D eigenvalue weighted by atomic mass is 10.0. The lowest BCUT2D eigenvalue weighted by molar-refractivity contribution is -0.308. The fraction of sp³-hybridized carbons (Fsp3) is 0.278. The molecule has 126 valence electrons. The summed E-state index contributed by atoms with van der Waals surface area (Å²) in [6.07, 6.45) is -0.707. The van der Waals surface area contributed by atoms with Crippen molar-refractivity contribution in [1.82, 2.24) is 0 Å². The third-order valence-electron chi connectivity index (χ3n) is 3.83. The number of esters is 1. The topological polar surface area (TPSA) is 74.2 Å². The molecule has 0 fully saturated rings. The Morgan fingerprint density at radius 3 is 2.75 bits per heavy atom. The second-order valence-corrected chi connectivity index (χ2v) is 5.37. The van der Waals surface area contributed by atoms with Gasteiger partial charge in [-0.25, -0.2) is 4.79 Å². The van der Waals surface area contributed by atoms with Crippen molar-refractivity contribution in [2.75, 3.05) is 14.2 Å². The fourth-order valence-electron chi connectivity index (χ4n) is 2.62. The number of rotatable bonds is 4. The maximum Gasteiger partial charge on any atom is 0.374 e. The normalized spacial score (nSPS) is 22.2. The smallest absolute Gasteiger partial charge is 0.374 e. The summed E-state index contributed by atoms with van der Waals surface area (Å²) in [7, 11) is 2.74. The molecule has 0 aliphatic carbocycles. The molecule has 0 saturated heterocycles. The average molecular weight is 330 g/mol. The van der Waals surface area contributed by atoms with Crippen molar-refractivity contribution in [3.8, 4) is 11.5 Å². The Balaban J connectivity index is 1.89. The summed E-state index contributed by atoms with van der Waals surface area (Å²) in [5.41, 5.74) is 1.02. The molecule has 2 atom stereocenters. The first-order valence-electron chi connectivity index (χ1n) is 7.45. The Morgan fingerprint density at radius 1 is 1.21 bits per heavy atom. The lowest BCUT2D eigenvalue weighted by Gasteiger charge is -2.38. The highest BCUT2D eigenvalue weighted by Gasteiger charge is 2.43. The van der Waals surface area contributed by atoms with Gasteiger partial charge >= 0.3 is 11.9 Å². The quantitative estimate of drug-likeness (QED) is 0.686. The molecule has 0 saturated carbocycles. The maximum absolute atomic E-state index is 11.6.